The normalized spacial score (nSPS) is 28.6. The van der Waals surface area contributed by atoms with Crippen molar-refractivity contribution in [2.45, 2.75) is 70.9 Å². The summed E-state index contributed by atoms with van der Waals surface area (Å²) in [4.78, 5) is 14.8. The summed E-state index contributed by atoms with van der Waals surface area (Å²) in [6.07, 6.45) is 5.16. The van der Waals surface area contributed by atoms with Crippen LogP contribution in [0.1, 0.15) is 59.8 Å². The number of rotatable bonds is 4. The lowest BCUT2D eigenvalue weighted by atomic mass is 9.74. The molecule has 0 radical (unpaired) electrons. The number of nitrogens with zero attached hydrogens (tertiary/aromatic N) is 1. The van der Waals surface area contributed by atoms with Gasteiger partial charge in [-0.3, -0.25) is 4.79 Å². The monoisotopic (exact) mass is 310 g/mol. The lowest BCUT2D eigenvalue weighted by Gasteiger charge is -2.47. The molecular weight excluding hydrogens is 276 g/mol. The predicted molar refractivity (Wildman–Crippen MR) is 89.8 cm³/mol. The fourth-order valence-corrected chi connectivity index (χ4v) is 4.72. The summed E-state index contributed by atoms with van der Waals surface area (Å²) >= 11 is 0. The van der Waals surface area contributed by atoms with Gasteiger partial charge in [0, 0.05) is 37.7 Å². The minimum atomic E-state index is 0.118. The second-order valence-corrected chi connectivity index (χ2v) is 8.67. The fraction of sp³-hybridized carbons (Fsp3) is 0.944. The Hall–Kier alpha value is -0.610. The van der Waals surface area contributed by atoms with Crippen molar-refractivity contribution in [3.05, 3.63) is 0 Å². The number of carbonyl (C=O) groups is 1. The van der Waals surface area contributed by atoms with E-state index in [9.17, 15) is 4.79 Å². The van der Waals surface area contributed by atoms with Crippen molar-refractivity contribution in [3.63, 3.8) is 0 Å². The van der Waals surface area contributed by atoms with Crippen LogP contribution in [-0.2, 0) is 9.53 Å². The molecule has 128 valence electrons. The smallest absolute Gasteiger partial charge is 0.222 e. The van der Waals surface area contributed by atoms with Gasteiger partial charge in [0.05, 0.1) is 6.61 Å². The molecule has 1 amide bonds. The van der Waals surface area contributed by atoms with Gasteiger partial charge in [-0.15, -0.1) is 0 Å². The van der Waals surface area contributed by atoms with Crippen molar-refractivity contribution in [1.29, 1.82) is 0 Å². The molecule has 0 aromatic rings. The van der Waals surface area contributed by atoms with E-state index in [2.05, 4.69) is 37.9 Å². The molecule has 0 bridgehead atoms. The van der Waals surface area contributed by atoms with E-state index < -0.39 is 0 Å². The first kappa shape index (κ1) is 17.7. The molecule has 1 unspecified atom stereocenters. The molecule has 4 heteroatoms. The van der Waals surface area contributed by atoms with Gasteiger partial charge < -0.3 is 15.0 Å². The Kier molecular flexibility index (Phi) is 5.54. The first-order valence-electron chi connectivity index (χ1n) is 8.77. The number of ether oxygens (including phenoxy) is 1. The number of piperidine rings is 2. The zero-order chi connectivity index (χ0) is 16.4. The first-order chi connectivity index (χ1) is 10.2. The zero-order valence-corrected chi connectivity index (χ0v) is 15.1. The minimum absolute atomic E-state index is 0.118. The average Bonchev–Trinajstić information content (AvgIpc) is 2.35. The molecule has 0 aromatic heterocycles. The third kappa shape index (κ3) is 4.95. The highest BCUT2D eigenvalue weighted by Gasteiger charge is 2.39. The van der Waals surface area contributed by atoms with Crippen LogP contribution in [0.2, 0.25) is 0 Å². The third-order valence-corrected chi connectivity index (χ3v) is 5.01. The molecule has 2 heterocycles. The van der Waals surface area contributed by atoms with E-state index in [0.29, 0.717) is 24.2 Å². The summed E-state index contributed by atoms with van der Waals surface area (Å²) in [6.45, 7) is 11.6. The summed E-state index contributed by atoms with van der Waals surface area (Å²) in [5, 5.41) is 3.70. The fourth-order valence-electron chi connectivity index (χ4n) is 4.72. The molecule has 1 atom stereocenters. The molecule has 2 aliphatic rings. The van der Waals surface area contributed by atoms with E-state index in [1.165, 1.54) is 6.42 Å². The number of likely N-dealkylation sites (tertiary alicyclic amines) is 1. The van der Waals surface area contributed by atoms with Gasteiger partial charge in [-0.1, -0.05) is 0 Å². The van der Waals surface area contributed by atoms with Crippen LogP contribution in [0.4, 0.5) is 0 Å². The molecule has 2 fully saturated rings. The molecule has 0 aromatic carbocycles. The van der Waals surface area contributed by atoms with Crippen LogP contribution in [0.3, 0.4) is 0 Å². The summed E-state index contributed by atoms with van der Waals surface area (Å²) in [5.74, 6) is 1.35. The van der Waals surface area contributed by atoms with Crippen molar-refractivity contribution in [3.8, 4) is 0 Å². The minimum Gasteiger partial charge on any atom is -0.384 e. The quantitative estimate of drug-likeness (QED) is 0.868. The maximum atomic E-state index is 12.7. The molecule has 2 saturated heterocycles. The Bertz CT molecular complexity index is 375. The molecule has 22 heavy (non-hydrogen) atoms. The predicted octanol–water partition coefficient (Wildman–Crippen LogP) is 2.82. The Balaban J connectivity index is 1.90. The van der Waals surface area contributed by atoms with E-state index in [0.717, 1.165) is 39.0 Å². The number of hydrogen-bond donors (Lipinski definition) is 1. The van der Waals surface area contributed by atoms with Gasteiger partial charge in [0.25, 0.3) is 0 Å². The van der Waals surface area contributed by atoms with Crippen LogP contribution >= 0.6 is 0 Å². The third-order valence-electron chi connectivity index (χ3n) is 5.01. The molecular formula is C18H34N2O2. The van der Waals surface area contributed by atoms with Crippen molar-refractivity contribution >= 4 is 5.91 Å². The van der Waals surface area contributed by atoms with Gasteiger partial charge in [0.1, 0.15) is 0 Å². The van der Waals surface area contributed by atoms with E-state index in [1.807, 2.05) is 0 Å². The number of hydrogen-bond acceptors (Lipinski definition) is 3. The molecule has 1 N–H and O–H groups in total. The van der Waals surface area contributed by atoms with Gasteiger partial charge in [0.15, 0.2) is 0 Å². The molecule has 0 aliphatic carbocycles. The van der Waals surface area contributed by atoms with Gasteiger partial charge >= 0.3 is 0 Å². The van der Waals surface area contributed by atoms with Crippen molar-refractivity contribution in [1.82, 2.24) is 10.2 Å². The van der Waals surface area contributed by atoms with Crippen LogP contribution in [0.25, 0.3) is 0 Å². The second kappa shape index (κ2) is 6.88. The molecule has 0 spiro atoms. The van der Waals surface area contributed by atoms with Crippen LogP contribution in [0.15, 0.2) is 0 Å². The maximum absolute atomic E-state index is 12.7. The summed E-state index contributed by atoms with van der Waals surface area (Å²) in [5.41, 5.74) is 0.236. The first-order valence-corrected chi connectivity index (χ1v) is 8.77. The number of methoxy groups -OCH3 is 1. The maximum Gasteiger partial charge on any atom is 0.222 e. The summed E-state index contributed by atoms with van der Waals surface area (Å²) in [6, 6.07) is 0. The highest BCUT2D eigenvalue weighted by molar-refractivity contribution is 5.76. The van der Waals surface area contributed by atoms with E-state index >= 15 is 0 Å². The lowest BCUT2D eigenvalue weighted by molar-refractivity contribution is -0.135. The van der Waals surface area contributed by atoms with E-state index in [-0.39, 0.29) is 11.1 Å². The van der Waals surface area contributed by atoms with Crippen LogP contribution in [-0.4, -0.2) is 48.7 Å². The zero-order valence-electron chi connectivity index (χ0n) is 15.1. The number of amides is 1. The Morgan fingerprint density at radius 2 is 1.82 bits per heavy atom. The van der Waals surface area contributed by atoms with E-state index in [1.54, 1.807) is 7.11 Å². The Morgan fingerprint density at radius 3 is 2.41 bits per heavy atom. The van der Waals surface area contributed by atoms with Gasteiger partial charge in [-0.05, 0) is 65.2 Å². The average molecular weight is 310 g/mol. The summed E-state index contributed by atoms with van der Waals surface area (Å²) in [7, 11) is 1.75. The summed E-state index contributed by atoms with van der Waals surface area (Å²) < 4.78 is 5.27. The SMILES string of the molecule is COCC1CCCN(C(=O)CC2CC(C)(C)NC(C)(C)C2)C1. The van der Waals surface area contributed by atoms with Gasteiger partial charge in [-0.2, -0.15) is 0 Å². The Morgan fingerprint density at radius 1 is 1.18 bits per heavy atom. The largest absolute Gasteiger partial charge is 0.384 e. The number of nitrogens with one attached hydrogen (secondary N) is 1. The molecule has 4 nitrogen and oxygen atoms in total. The molecule has 2 rings (SSSR count). The molecule has 0 saturated carbocycles. The lowest BCUT2D eigenvalue weighted by Crippen LogP contribution is -2.58. The topological polar surface area (TPSA) is 41.6 Å². The van der Waals surface area contributed by atoms with Crippen LogP contribution in [0.5, 0.6) is 0 Å². The highest BCUT2D eigenvalue weighted by atomic mass is 16.5. The number of carbonyl (C=O) groups excluding carboxylic acids is 1. The van der Waals surface area contributed by atoms with Crippen molar-refractivity contribution in [2.24, 2.45) is 11.8 Å². The highest BCUT2D eigenvalue weighted by Crippen LogP contribution is 2.35. The van der Waals surface area contributed by atoms with Gasteiger partial charge in [0.2, 0.25) is 5.91 Å². The van der Waals surface area contributed by atoms with Crippen LogP contribution < -0.4 is 5.32 Å². The van der Waals surface area contributed by atoms with Crippen molar-refractivity contribution in [2.75, 3.05) is 26.8 Å². The second-order valence-electron chi connectivity index (χ2n) is 8.67. The van der Waals surface area contributed by atoms with E-state index in [4.69, 9.17) is 4.74 Å². The van der Waals surface area contributed by atoms with Crippen LogP contribution in [0, 0.1) is 11.8 Å². The van der Waals surface area contributed by atoms with Gasteiger partial charge in [-0.25, -0.2) is 0 Å². The molecule has 2 aliphatic heterocycles. The standard InChI is InChI=1S/C18H34N2O2/c1-17(2)10-15(11-18(3,4)19-17)9-16(21)20-8-6-7-14(12-20)13-22-5/h14-15,19H,6-13H2,1-5H3. The van der Waals surface area contributed by atoms with Crippen molar-refractivity contribution < 1.29 is 9.53 Å². The Labute approximate surface area is 136 Å².